The third-order valence-corrected chi connectivity index (χ3v) is 2.72. The lowest BCUT2D eigenvalue weighted by atomic mass is 10.4. The van der Waals surface area contributed by atoms with Crippen molar-refractivity contribution in [2.75, 3.05) is 26.8 Å². The average molecular weight is 270 g/mol. The summed E-state index contributed by atoms with van der Waals surface area (Å²) in [7, 11) is 3.65. The zero-order valence-corrected chi connectivity index (χ0v) is 12.2. The highest BCUT2D eigenvalue weighted by atomic mass is 16.7. The zero-order valence-electron chi connectivity index (χ0n) is 12.2. The largest absolute Gasteiger partial charge is 0.415 e. The van der Waals surface area contributed by atoms with Crippen LogP contribution in [0.2, 0.25) is 0 Å². The van der Waals surface area contributed by atoms with Crippen LogP contribution < -0.4 is 4.57 Å². The Morgan fingerprint density at radius 1 is 1.37 bits per heavy atom. The zero-order chi connectivity index (χ0) is 14.3. The maximum atomic E-state index is 12.1. The lowest BCUT2D eigenvalue weighted by Crippen LogP contribution is -2.35. The molecule has 0 saturated carbocycles. The van der Waals surface area contributed by atoms with Crippen molar-refractivity contribution >= 4 is 6.03 Å². The van der Waals surface area contributed by atoms with E-state index in [1.807, 2.05) is 31.7 Å². The molecule has 1 heterocycles. The van der Waals surface area contributed by atoms with Gasteiger partial charge in [0.1, 0.15) is 12.4 Å². The van der Waals surface area contributed by atoms with E-state index in [0.717, 1.165) is 0 Å². The molecular weight excluding hydrogens is 246 g/mol. The Balaban J connectivity index is 2.45. The van der Waals surface area contributed by atoms with E-state index in [1.165, 1.54) is 0 Å². The molecule has 1 amide bonds. The number of carbonyl (C=O) groups is 1. The summed E-state index contributed by atoms with van der Waals surface area (Å²) in [4.78, 5) is 13.7. The van der Waals surface area contributed by atoms with Crippen molar-refractivity contribution in [1.29, 1.82) is 0 Å². The molecule has 1 aromatic heterocycles. The summed E-state index contributed by atoms with van der Waals surface area (Å²) in [6.07, 6.45) is 5.72. The van der Waals surface area contributed by atoms with E-state index in [-0.39, 0.29) is 12.3 Å². The molecule has 0 radical (unpaired) electrons. The van der Waals surface area contributed by atoms with Crippen molar-refractivity contribution < 1.29 is 18.8 Å². The first-order valence-electron chi connectivity index (χ1n) is 6.60. The molecule has 0 aromatic carbocycles. The topological polar surface area (TPSA) is 47.6 Å². The van der Waals surface area contributed by atoms with Gasteiger partial charge in [0.05, 0.1) is 7.05 Å². The molecule has 1 aromatic rings. The Bertz CT molecular complexity index is 386. The van der Waals surface area contributed by atoms with E-state index < -0.39 is 0 Å². The fraction of sp³-hybridized carbons (Fsp3) is 0.692. The number of amides is 1. The molecule has 0 saturated heterocycles. The molecule has 108 valence electrons. The lowest BCUT2D eigenvalue weighted by Gasteiger charge is -2.20. The van der Waals surface area contributed by atoms with Gasteiger partial charge in [-0.2, -0.15) is 4.57 Å². The molecule has 0 atom stereocenters. The number of hydrogen-bond acceptors (Lipinski definition) is 3. The first-order chi connectivity index (χ1) is 9.08. The van der Waals surface area contributed by atoms with Crippen LogP contribution in [0.15, 0.2) is 18.7 Å². The number of aryl methyl sites for hydroxylation is 1. The van der Waals surface area contributed by atoms with Gasteiger partial charge in [-0.3, -0.25) is 0 Å². The smallest absolute Gasteiger partial charge is 0.353 e. The van der Waals surface area contributed by atoms with Crippen LogP contribution in [0.4, 0.5) is 4.79 Å². The second-order valence-electron chi connectivity index (χ2n) is 4.32. The van der Waals surface area contributed by atoms with Crippen molar-refractivity contribution in [3.63, 3.8) is 0 Å². The molecule has 0 aliphatic carbocycles. The summed E-state index contributed by atoms with van der Waals surface area (Å²) in [5.41, 5.74) is 0. The van der Waals surface area contributed by atoms with E-state index in [4.69, 9.17) is 9.47 Å². The van der Waals surface area contributed by atoms with Gasteiger partial charge in [-0.25, -0.2) is 9.36 Å². The molecule has 6 nitrogen and oxygen atoms in total. The molecule has 0 bridgehead atoms. The van der Waals surface area contributed by atoms with Crippen LogP contribution in [0, 0.1) is 0 Å². The van der Waals surface area contributed by atoms with Crippen molar-refractivity contribution in [3.8, 4) is 0 Å². The van der Waals surface area contributed by atoms with Gasteiger partial charge in [0, 0.05) is 33.2 Å². The minimum absolute atomic E-state index is 0.0626. The molecular formula is C13H24N3O3+. The Morgan fingerprint density at radius 3 is 2.47 bits per heavy atom. The molecule has 6 heteroatoms. The summed E-state index contributed by atoms with van der Waals surface area (Å²) in [5, 5.41) is 0. The van der Waals surface area contributed by atoms with Gasteiger partial charge in [0.25, 0.3) is 6.33 Å². The standard InChI is InChI=1S/C13H24N3O3/c1-5-18-12(19-6-2)7-8-15(4)13(17)16-10-9-14(3)11-16/h9-12H,5-8H2,1-4H3/q+1. The van der Waals surface area contributed by atoms with Gasteiger partial charge >= 0.3 is 6.03 Å². The Labute approximate surface area is 114 Å². The van der Waals surface area contributed by atoms with Gasteiger partial charge in [-0.05, 0) is 13.8 Å². The van der Waals surface area contributed by atoms with Crippen LogP contribution in [-0.2, 0) is 16.5 Å². The summed E-state index contributed by atoms with van der Waals surface area (Å²) >= 11 is 0. The SMILES string of the molecule is CCOC(CCN(C)C(=O)n1cc[n+](C)c1)OCC. The van der Waals surface area contributed by atoms with Gasteiger partial charge in [0.15, 0.2) is 6.29 Å². The molecule has 0 fully saturated rings. The van der Waals surface area contributed by atoms with E-state index in [9.17, 15) is 4.79 Å². The highest BCUT2D eigenvalue weighted by molar-refractivity contribution is 5.76. The number of imidazole rings is 1. The van der Waals surface area contributed by atoms with Crippen LogP contribution in [-0.4, -0.2) is 48.6 Å². The molecule has 0 aliphatic heterocycles. The number of ether oxygens (including phenoxy) is 2. The van der Waals surface area contributed by atoms with Crippen LogP contribution in [0.1, 0.15) is 20.3 Å². The van der Waals surface area contributed by atoms with Crippen molar-refractivity contribution in [1.82, 2.24) is 9.47 Å². The Morgan fingerprint density at radius 2 is 2.00 bits per heavy atom. The van der Waals surface area contributed by atoms with E-state index in [0.29, 0.717) is 26.2 Å². The number of rotatable bonds is 7. The van der Waals surface area contributed by atoms with Gasteiger partial charge in [-0.15, -0.1) is 0 Å². The van der Waals surface area contributed by atoms with Crippen molar-refractivity contribution in [2.24, 2.45) is 7.05 Å². The lowest BCUT2D eigenvalue weighted by molar-refractivity contribution is -0.670. The molecule has 19 heavy (non-hydrogen) atoms. The normalized spacial score (nSPS) is 11.0. The van der Waals surface area contributed by atoms with E-state index in [1.54, 1.807) is 29.0 Å². The first-order valence-corrected chi connectivity index (χ1v) is 6.60. The summed E-state index contributed by atoms with van der Waals surface area (Å²) in [6, 6.07) is -0.0626. The number of carbonyl (C=O) groups excluding carboxylic acids is 1. The maximum absolute atomic E-state index is 12.1. The van der Waals surface area contributed by atoms with Gasteiger partial charge < -0.3 is 14.4 Å². The van der Waals surface area contributed by atoms with E-state index in [2.05, 4.69) is 0 Å². The van der Waals surface area contributed by atoms with Crippen molar-refractivity contribution in [2.45, 2.75) is 26.6 Å². The van der Waals surface area contributed by atoms with E-state index >= 15 is 0 Å². The number of aromatic nitrogens is 2. The molecule has 0 unspecified atom stereocenters. The third-order valence-electron chi connectivity index (χ3n) is 2.72. The monoisotopic (exact) mass is 270 g/mol. The quantitative estimate of drug-likeness (QED) is 0.548. The first kappa shape index (κ1) is 15.7. The van der Waals surface area contributed by atoms with Crippen LogP contribution in [0.3, 0.4) is 0 Å². The second-order valence-corrected chi connectivity index (χ2v) is 4.32. The van der Waals surface area contributed by atoms with Crippen LogP contribution >= 0.6 is 0 Å². The second kappa shape index (κ2) is 7.91. The summed E-state index contributed by atoms with van der Waals surface area (Å²) in [6.45, 7) is 5.67. The fourth-order valence-electron chi connectivity index (χ4n) is 1.74. The number of hydrogen-bond donors (Lipinski definition) is 0. The average Bonchev–Trinajstić information content (AvgIpc) is 2.82. The summed E-state index contributed by atoms with van der Waals surface area (Å²) < 4.78 is 14.3. The minimum Gasteiger partial charge on any atom is -0.353 e. The predicted octanol–water partition coefficient (Wildman–Crippen LogP) is 1.00. The Kier molecular flexibility index (Phi) is 6.52. The minimum atomic E-state index is -0.244. The van der Waals surface area contributed by atoms with Crippen molar-refractivity contribution in [3.05, 3.63) is 18.7 Å². The molecule has 0 spiro atoms. The molecule has 0 aliphatic rings. The Hall–Kier alpha value is -1.40. The highest BCUT2D eigenvalue weighted by Gasteiger charge is 2.18. The summed E-state index contributed by atoms with van der Waals surface area (Å²) in [5.74, 6) is 0. The maximum Gasteiger partial charge on any atom is 0.415 e. The van der Waals surface area contributed by atoms with Crippen LogP contribution in [0.25, 0.3) is 0 Å². The third kappa shape index (κ3) is 5.00. The highest BCUT2D eigenvalue weighted by Crippen LogP contribution is 2.03. The van der Waals surface area contributed by atoms with Gasteiger partial charge in [0.2, 0.25) is 0 Å². The molecule has 0 N–H and O–H groups in total. The predicted molar refractivity (Wildman–Crippen MR) is 70.7 cm³/mol. The van der Waals surface area contributed by atoms with Gasteiger partial charge in [-0.1, -0.05) is 0 Å². The molecule has 1 rings (SSSR count). The fourth-order valence-corrected chi connectivity index (χ4v) is 1.74. The van der Waals surface area contributed by atoms with Crippen LogP contribution in [0.5, 0.6) is 0 Å². The number of nitrogens with zero attached hydrogens (tertiary/aromatic N) is 3.